The highest BCUT2D eigenvalue weighted by Crippen LogP contribution is 2.18. The molecular formula is C13H14N4O2. The number of nitrogens with zero attached hydrogens (tertiary/aromatic N) is 4. The molecule has 2 heterocycles. The Kier molecular flexibility index (Phi) is 4.49. The summed E-state index contributed by atoms with van der Waals surface area (Å²) in [6.07, 6.45) is 6.26. The summed E-state index contributed by atoms with van der Waals surface area (Å²) in [5.74, 6) is -0.406. The van der Waals surface area contributed by atoms with Gasteiger partial charge in [-0.05, 0) is 18.6 Å². The lowest BCUT2D eigenvalue weighted by Gasteiger charge is -2.07. The Morgan fingerprint density at radius 2 is 2.21 bits per heavy atom. The van der Waals surface area contributed by atoms with Crippen molar-refractivity contribution in [3.8, 4) is 11.4 Å². The average molecular weight is 258 g/mol. The summed E-state index contributed by atoms with van der Waals surface area (Å²) >= 11 is 0. The number of aromatic nitrogens is 4. The second kappa shape index (κ2) is 6.53. The number of ether oxygens (including phenoxy) is 1. The molecule has 2 aromatic heterocycles. The van der Waals surface area contributed by atoms with Crippen LogP contribution in [-0.2, 0) is 4.74 Å². The summed E-state index contributed by atoms with van der Waals surface area (Å²) in [7, 11) is 0. The summed E-state index contributed by atoms with van der Waals surface area (Å²) in [5, 5.41) is 7.74. The molecule has 0 saturated heterocycles. The molecule has 0 amide bonds. The van der Waals surface area contributed by atoms with Crippen molar-refractivity contribution in [2.45, 2.75) is 19.8 Å². The molecule has 0 saturated carbocycles. The molecule has 0 fully saturated rings. The zero-order valence-corrected chi connectivity index (χ0v) is 10.6. The van der Waals surface area contributed by atoms with Crippen LogP contribution in [0.5, 0.6) is 0 Å². The third-order valence-electron chi connectivity index (χ3n) is 2.50. The second-order valence-electron chi connectivity index (χ2n) is 3.88. The summed E-state index contributed by atoms with van der Waals surface area (Å²) < 4.78 is 5.18. The van der Waals surface area contributed by atoms with Crippen molar-refractivity contribution in [2.75, 3.05) is 6.61 Å². The minimum atomic E-state index is -0.406. The topological polar surface area (TPSA) is 77.9 Å². The standard InChI is InChI=1S/C13H14N4O2/c1-2-3-8-19-13(18)10-4-7-16-17-12(10)11-5-6-14-9-15-11/h4-7,9H,2-3,8H2,1H3. The average Bonchev–Trinajstić information content (AvgIpc) is 2.48. The maximum atomic E-state index is 12.0. The molecule has 6 nitrogen and oxygen atoms in total. The Morgan fingerprint density at radius 3 is 2.95 bits per heavy atom. The van der Waals surface area contributed by atoms with Gasteiger partial charge in [0.05, 0.1) is 24.1 Å². The minimum absolute atomic E-state index is 0.366. The fourth-order valence-corrected chi connectivity index (χ4v) is 1.50. The van der Waals surface area contributed by atoms with Crippen molar-refractivity contribution < 1.29 is 9.53 Å². The van der Waals surface area contributed by atoms with E-state index in [1.807, 2.05) is 6.92 Å². The molecule has 19 heavy (non-hydrogen) atoms. The molecule has 0 aliphatic heterocycles. The third kappa shape index (κ3) is 3.31. The SMILES string of the molecule is CCCCOC(=O)c1ccnnc1-c1ccncn1. The van der Waals surface area contributed by atoms with Gasteiger partial charge in [-0.25, -0.2) is 14.8 Å². The van der Waals surface area contributed by atoms with E-state index in [2.05, 4.69) is 20.2 Å². The van der Waals surface area contributed by atoms with Crippen molar-refractivity contribution >= 4 is 5.97 Å². The number of hydrogen-bond donors (Lipinski definition) is 0. The monoisotopic (exact) mass is 258 g/mol. The molecule has 2 aromatic rings. The summed E-state index contributed by atoms with van der Waals surface area (Å²) in [5.41, 5.74) is 1.32. The Bertz CT molecular complexity index is 545. The first kappa shape index (κ1) is 13.1. The number of carbonyl (C=O) groups excluding carboxylic acids is 1. The molecule has 0 atom stereocenters. The molecule has 6 heteroatoms. The van der Waals surface area contributed by atoms with Crippen LogP contribution in [0.2, 0.25) is 0 Å². The van der Waals surface area contributed by atoms with E-state index >= 15 is 0 Å². The summed E-state index contributed by atoms with van der Waals surface area (Å²) in [6, 6.07) is 3.26. The number of carbonyl (C=O) groups is 1. The molecule has 0 aliphatic carbocycles. The second-order valence-corrected chi connectivity index (χ2v) is 3.88. The lowest BCUT2D eigenvalue weighted by molar-refractivity contribution is 0.0500. The van der Waals surface area contributed by atoms with Gasteiger partial charge in [0.1, 0.15) is 12.0 Å². The predicted octanol–water partition coefficient (Wildman–Crippen LogP) is 1.89. The minimum Gasteiger partial charge on any atom is -0.462 e. The normalized spacial score (nSPS) is 10.2. The summed E-state index contributed by atoms with van der Waals surface area (Å²) in [4.78, 5) is 19.9. The van der Waals surface area contributed by atoms with E-state index in [0.29, 0.717) is 23.6 Å². The lowest BCUT2D eigenvalue weighted by Crippen LogP contribution is -2.09. The summed E-state index contributed by atoms with van der Waals surface area (Å²) in [6.45, 7) is 2.44. The highest BCUT2D eigenvalue weighted by atomic mass is 16.5. The quantitative estimate of drug-likeness (QED) is 0.602. The Hall–Kier alpha value is -2.37. The van der Waals surface area contributed by atoms with Gasteiger partial charge < -0.3 is 4.74 Å². The lowest BCUT2D eigenvalue weighted by atomic mass is 10.1. The zero-order valence-electron chi connectivity index (χ0n) is 10.6. The van der Waals surface area contributed by atoms with Gasteiger partial charge in [-0.1, -0.05) is 13.3 Å². The van der Waals surface area contributed by atoms with Crippen LogP contribution >= 0.6 is 0 Å². The number of rotatable bonds is 5. The van der Waals surface area contributed by atoms with E-state index < -0.39 is 5.97 Å². The van der Waals surface area contributed by atoms with Gasteiger partial charge in [-0.3, -0.25) is 0 Å². The van der Waals surface area contributed by atoms with E-state index in [9.17, 15) is 4.79 Å². The smallest absolute Gasteiger partial charge is 0.340 e. The highest BCUT2D eigenvalue weighted by molar-refractivity contribution is 5.95. The fourth-order valence-electron chi connectivity index (χ4n) is 1.50. The first-order valence-electron chi connectivity index (χ1n) is 6.08. The van der Waals surface area contributed by atoms with Gasteiger partial charge in [-0.15, -0.1) is 5.10 Å². The molecule has 0 unspecified atom stereocenters. The van der Waals surface area contributed by atoms with E-state index in [0.717, 1.165) is 12.8 Å². The Labute approximate surface area is 110 Å². The largest absolute Gasteiger partial charge is 0.462 e. The first-order chi connectivity index (χ1) is 9.33. The van der Waals surface area contributed by atoms with E-state index in [4.69, 9.17) is 4.74 Å². The maximum absolute atomic E-state index is 12.0. The van der Waals surface area contributed by atoms with Crippen molar-refractivity contribution in [2.24, 2.45) is 0 Å². The van der Waals surface area contributed by atoms with Gasteiger partial charge in [0.2, 0.25) is 0 Å². The van der Waals surface area contributed by atoms with Crippen LogP contribution in [0.25, 0.3) is 11.4 Å². The van der Waals surface area contributed by atoms with Crippen molar-refractivity contribution in [1.29, 1.82) is 0 Å². The van der Waals surface area contributed by atoms with Gasteiger partial charge >= 0.3 is 5.97 Å². The number of hydrogen-bond acceptors (Lipinski definition) is 6. The molecule has 0 spiro atoms. The van der Waals surface area contributed by atoms with Gasteiger partial charge in [-0.2, -0.15) is 5.10 Å². The zero-order chi connectivity index (χ0) is 13.5. The van der Waals surface area contributed by atoms with Crippen LogP contribution in [-0.4, -0.2) is 32.7 Å². The number of unbranched alkanes of at least 4 members (excludes halogenated alkanes) is 1. The highest BCUT2D eigenvalue weighted by Gasteiger charge is 2.16. The van der Waals surface area contributed by atoms with Crippen LogP contribution in [0.3, 0.4) is 0 Å². The number of esters is 1. The third-order valence-corrected chi connectivity index (χ3v) is 2.50. The van der Waals surface area contributed by atoms with E-state index in [1.54, 1.807) is 18.3 Å². The fraction of sp³-hybridized carbons (Fsp3) is 0.308. The molecule has 98 valence electrons. The van der Waals surface area contributed by atoms with Crippen LogP contribution in [0.1, 0.15) is 30.1 Å². The first-order valence-corrected chi connectivity index (χ1v) is 6.08. The van der Waals surface area contributed by atoms with Crippen LogP contribution < -0.4 is 0 Å². The molecule has 0 radical (unpaired) electrons. The molecule has 2 rings (SSSR count). The van der Waals surface area contributed by atoms with Crippen LogP contribution in [0.4, 0.5) is 0 Å². The van der Waals surface area contributed by atoms with Gasteiger partial charge in [0, 0.05) is 6.20 Å². The predicted molar refractivity (Wildman–Crippen MR) is 68.2 cm³/mol. The van der Waals surface area contributed by atoms with Crippen LogP contribution in [0.15, 0.2) is 30.9 Å². The van der Waals surface area contributed by atoms with E-state index in [-0.39, 0.29) is 0 Å². The molecule has 0 aromatic carbocycles. The van der Waals surface area contributed by atoms with Crippen molar-refractivity contribution in [1.82, 2.24) is 20.2 Å². The Balaban J connectivity index is 2.24. The van der Waals surface area contributed by atoms with Crippen molar-refractivity contribution in [3.05, 3.63) is 36.4 Å². The maximum Gasteiger partial charge on any atom is 0.340 e. The Morgan fingerprint density at radius 1 is 1.32 bits per heavy atom. The molecular weight excluding hydrogens is 244 g/mol. The van der Waals surface area contributed by atoms with Gasteiger partial charge in [0.15, 0.2) is 0 Å². The van der Waals surface area contributed by atoms with E-state index in [1.165, 1.54) is 12.5 Å². The van der Waals surface area contributed by atoms with Gasteiger partial charge in [0.25, 0.3) is 0 Å². The molecule has 0 aliphatic rings. The van der Waals surface area contributed by atoms with Crippen LogP contribution in [0, 0.1) is 0 Å². The molecule has 0 bridgehead atoms. The molecule has 0 N–H and O–H groups in total. The van der Waals surface area contributed by atoms with Crippen molar-refractivity contribution in [3.63, 3.8) is 0 Å².